The summed E-state index contributed by atoms with van der Waals surface area (Å²) in [5.41, 5.74) is 0.280. The van der Waals surface area contributed by atoms with Gasteiger partial charge in [0.2, 0.25) is 10.0 Å². The van der Waals surface area contributed by atoms with Gasteiger partial charge in [0.25, 0.3) is 0 Å². The second-order valence-electron chi connectivity index (χ2n) is 5.79. The monoisotopic (exact) mass is 403 g/mol. The van der Waals surface area contributed by atoms with Crippen LogP contribution in [0, 0.1) is 10.1 Å². The Morgan fingerprint density at radius 3 is 2.61 bits per heavy atom. The van der Waals surface area contributed by atoms with E-state index in [9.17, 15) is 18.5 Å². The molecule has 0 aliphatic carbocycles. The lowest BCUT2D eigenvalue weighted by atomic mass is 10.1. The normalized spacial score (nSPS) is 12.5. The number of rotatable bonds is 8. The summed E-state index contributed by atoms with van der Waals surface area (Å²) in [6, 6.07) is 11.8. The van der Waals surface area contributed by atoms with Gasteiger partial charge in [-0.1, -0.05) is 30.3 Å². The van der Waals surface area contributed by atoms with Crippen molar-refractivity contribution in [1.29, 1.82) is 0 Å². The highest BCUT2D eigenvalue weighted by Gasteiger charge is 2.25. The second-order valence-corrected chi connectivity index (χ2v) is 7.51. The first-order valence-corrected chi connectivity index (χ1v) is 9.61. The molecule has 1 aromatic heterocycles. The minimum absolute atomic E-state index is 0.0221. The third kappa shape index (κ3) is 4.32. The smallest absolute Gasteiger partial charge is 0.312 e. The van der Waals surface area contributed by atoms with Crippen LogP contribution in [0.15, 0.2) is 66.1 Å². The summed E-state index contributed by atoms with van der Waals surface area (Å²) >= 11 is 0. The van der Waals surface area contributed by atoms with Crippen molar-refractivity contribution >= 4 is 15.7 Å². The van der Waals surface area contributed by atoms with Gasteiger partial charge in [0.15, 0.2) is 5.75 Å². The Labute approximate surface area is 161 Å². The SMILES string of the molecule is COc1ccc(S(=O)(=O)NC(Cn2cncn2)c2ccccc2)cc1[N+](=O)[O-]. The van der Waals surface area contributed by atoms with E-state index in [1.807, 2.05) is 6.07 Å². The van der Waals surface area contributed by atoms with Crippen LogP contribution < -0.4 is 9.46 Å². The van der Waals surface area contributed by atoms with Gasteiger partial charge in [-0.05, 0) is 17.7 Å². The first-order valence-electron chi connectivity index (χ1n) is 8.13. The average molecular weight is 403 g/mol. The Balaban J connectivity index is 1.95. The van der Waals surface area contributed by atoms with Gasteiger partial charge in [-0.15, -0.1) is 0 Å². The van der Waals surface area contributed by atoms with Crippen molar-refractivity contribution in [3.8, 4) is 5.75 Å². The molecule has 0 spiro atoms. The maximum absolute atomic E-state index is 12.9. The zero-order valence-electron chi connectivity index (χ0n) is 14.8. The number of nitrogens with zero attached hydrogens (tertiary/aromatic N) is 4. The molecule has 11 heteroatoms. The Morgan fingerprint density at radius 2 is 2.00 bits per heavy atom. The van der Waals surface area contributed by atoms with Gasteiger partial charge in [0.05, 0.1) is 29.5 Å². The van der Waals surface area contributed by atoms with Crippen molar-refractivity contribution in [2.45, 2.75) is 17.5 Å². The Bertz CT molecular complexity index is 1050. The molecule has 28 heavy (non-hydrogen) atoms. The molecule has 0 saturated carbocycles. The van der Waals surface area contributed by atoms with Crippen molar-refractivity contribution in [1.82, 2.24) is 19.5 Å². The highest BCUT2D eigenvalue weighted by Crippen LogP contribution is 2.30. The first kappa shape index (κ1) is 19.5. The van der Waals surface area contributed by atoms with E-state index in [0.29, 0.717) is 5.56 Å². The Hall–Kier alpha value is -3.31. The van der Waals surface area contributed by atoms with Crippen LogP contribution >= 0.6 is 0 Å². The molecule has 3 aromatic rings. The van der Waals surface area contributed by atoms with Gasteiger partial charge < -0.3 is 4.74 Å². The first-order chi connectivity index (χ1) is 13.4. The molecule has 0 fully saturated rings. The fraction of sp³-hybridized carbons (Fsp3) is 0.176. The van der Waals surface area contributed by atoms with Crippen molar-refractivity contribution < 1.29 is 18.1 Å². The number of methoxy groups -OCH3 is 1. The minimum atomic E-state index is -4.06. The molecule has 146 valence electrons. The highest BCUT2D eigenvalue weighted by molar-refractivity contribution is 7.89. The molecule has 3 rings (SSSR count). The number of aromatic nitrogens is 3. The number of ether oxygens (including phenoxy) is 1. The third-order valence-electron chi connectivity index (χ3n) is 3.99. The molecule has 0 saturated heterocycles. The number of sulfonamides is 1. The molecule has 1 unspecified atom stereocenters. The van der Waals surface area contributed by atoms with Crippen molar-refractivity contribution in [3.63, 3.8) is 0 Å². The maximum Gasteiger partial charge on any atom is 0.312 e. The molecule has 0 aliphatic rings. The van der Waals surface area contributed by atoms with Crippen LogP contribution in [0.1, 0.15) is 11.6 Å². The molecule has 0 aliphatic heterocycles. The van der Waals surface area contributed by atoms with E-state index in [1.165, 1.54) is 36.6 Å². The van der Waals surface area contributed by atoms with Crippen LogP contribution in [-0.2, 0) is 16.6 Å². The van der Waals surface area contributed by atoms with Gasteiger partial charge in [-0.3, -0.25) is 14.8 Å². The van der Waals surface area contributed by atoms with Crippen LogP contribution in [0.4, 0.5) is 5.69 Å². The summed E-state index contributed by atoms with van der Waals surface area (Å²) in [6.45, 7) is 0.196. The van der Waals surface area contributed by atoms with E-state index < -0.39 is 26.7 Å². The second kappa shape index (κ2) is 8.15. The zero-order valence-corrected chi connectivity index (χ0v) is 15.6. The summed E-state index contributed by atoms with van der Waals surface area (Å²) in [4.78, 5) is 14.1. The molecular weight excluding hydrogens is 386 g/mol. The summed E-state index contributed by atoms with van der Waals surface area (Å²) < 4.78 is 34.8. The average Bonchev–Trinajstić information content (AvgIpc) is 3.20. The van der Waals surface area contributed by atoms with Crippen molar-refractivity contribution in [2.75, 3.05) is 7.11 Å². The van der Waals surface area contributed by atoms with Crippen molar-refractivity contribution in [2.24, 2.45) is 0 Å². The fourth-order valence-electron chi connectivity index (χ4n) is 2.65. The van der Waals surface area contributed by atoms with Crippen LogP contribution in [0.25, 0.3) is 0 Å². The quantitative estimate of drug-likeness (QED) is 0.449. The predicted octanol–water partition coefficient (Wildman–Crippen LogP) is 1.91. The van der Waals surface area contributed by atoms with Crippen LogP contribution in [0.2, 0.25) is 0 Å². The van der Waals surface area contributed by atoms with Crippen LogP contribution in [0.5, 0.6) is 5.75 Å². The summed E-state index contributed by atoms with van der Waals surface area (Å²) in [5.74, 6) is -0.0221. The highest BCUT2D eigenvalue weighted by atomic mass is 32.2. The van der Waals surface area contributed by atoms with Gasteiger partial charge in [-0.25, -0.2) is 18.1 Å². The molecule has 0 amide bonds. The number of nitrogens with one attached hydrogen (secondary N) is 1. The molecule has 0 bridgehead atoms. The summed E-state index contributed by atoms with van der Waals surface area (Å²) in [7, 11) is -2.79. The number of nitro groups is 1. The van der Waals surface area contributed by atoms with E-state index in [-0.39, 0.29) is 17.2 Å². The molecule has 2 aromatic carbocycles. The molecule has 0 radical (unpaired) electrons. The molecule has 10 nitrogen and oxygen atoms in total. The third-order valence-corrected chi connectivity index (χ3v) is 5.46. The minimum Gasteiger partial charge on any atom is -0.490 e. The fourth-order valence-corrected chi connectivity index (χ4v) is 3.88. The zero-order chi connectivity index (χ0) is 20.1. The lowest BCUT2D eigenvalue weighted by Crippen LogP contribution is -2.31. The number of hydrogen-bond acceptors (Lipinski definition) is 7. The molecule has 1 heterocycles. The summed E-state index contributed by atoms with van der Waals surface area (Å²) in [5, 5.41) is 15.2. The topological polar surface area (TPSA) is 129 Å². The Kier molecular flexibility index (Phi) is 5.66. The van der Waals surface area contributed by atoms with Gasteiger partial charge in [0.1, 0.15) is 12.7 Å². The van der Waals surface area contributed by atoms with Gasteiger partial charge in [-0.2, -0.15) is 5.10 Å². The lowest BCUT2D eigenvalue weighted by Gasteiger charge is -2.19. The van der Waals surface area contributed by atoms with E-state index in [1.54, 1.807) is 24.3 Å². The van der Waals surface area contributed by atoms with Crippen LogP contribution in [-0.4, -0.2) is 35.2 Å². The van der Waals surface area contributed by atoms with E-state index >= 15 is 0 Å². The van der Waals surface area contributed by atoms with E-state index in [0.717, 1.165) is 6.07 Å². The lowest BCUT2D eigenvalue weighted by molar-refractivity contribution is -0.386. The maximum atomic E-state index is 12.9. The van der Waals surface area contributed by atoms with Gasteiger partial charge >= 0.3 is 5.69 Å². The number of hydrogen-bond donors (Lipinski definition) is 1. The molecule has 1 N–H and O–H groups in total. The van der Waals surface area contributed by atoms with E-state index in [4.69, 9.17) is 4.74 Å². The standard InChI is InChI=1S/C17H17N5O5S/c1-27-17-8-7-14(9-16(17)22(23)24)28(25,26)20-15(10-21-12-18-11-19-21)13-5-3-2-4-6-13/h2-9,11-12,15,20H,10H2,1H3. The predicted molar refractivity (Wildman–Crippen MR) is 99.2 cm³/mol. The summed E-state index contributed by atoms with van der Waals surface area (Å²) in [6.07, 6.45) is 2.83. The molecular formula is C17H17N5O5S. The number of nitro benzene ring substituents is 1. The van der Waals surface area contributed by atoms with Crippen molar-refractivity contribution in [3.05, 3.63) is 76.9 Å². The molecule has 1 atom stereocenters. The van der Waals surface area contributed by atoms with E-state index in [2.05, 4.69) is 14.8 Å². The van der Waals surface area contributed by atoms with Crippen LogP contribution in [0.3, 0.4) is 0 Å². The number of benzene rings is 2. The van der Waals surface area contributed by atoms with Gasteiger partial charge in [0, 0.05) is 6.07 Å². The Morgan fingerprint density at radius 1 is 1.25 bits per heavy atom. The largest absolute Gasteiger partial charge is 0.490 e.